The summed E-state index contributed by atoms with van der Waals surface area (Å²) >= 11 is 0. The minimum atomic E-state index is -3.38. The molecule has 3 rings (SSSR count). The zero-order valence-electron chi connectivity index (χ0n) is 12.2. The third-order valence-electron chi connectivity index (χ3n) is 3.74. The minimum absolute atomic E-state index is 0.471. The van der Waals surface area contributed by atoms with E-state index < -0.39 is 10.0 Å². The molecular weight excluding hydrogens is 286 g/mol. The Kier molecular flexibility index (Phi) is 3.13. The predicted octanol–water partition coefficient (Wildman–Crippen LogP) is 2.64. The van der Waals surface area contributed by atoms with Crippen molar-refractivity contribution < 1.29 is 8.42 Å². The zero-order chi connectivity index (χ0) is 15.2. The Bertz CT molecular complexity index is 920. The second kappa shape index (κ2) is 4.73. The van der Waals surface area contributed by atoms with Crippen molar-refractivity contribution in [2.24, 2.45) is 0 Å². The maximum atomic E-state index is 11.9. The number of aryl methyl sites for hydroxylation is 1. The van der Waals surface area contributed by atoms with Crippen LogP contribution in [-0.2, 0) is 16.6 Å². The van der Waals surface area contributed by atoms with Crippen LogP contribution in [-0.4, -0.2) is 28.2 Å². The Morgan fingerprint density at radius 2 is 1.95 bits per heavy atom. The van der Waals surface area contributed by atoms with E-state index in [2.05, 4.69) is 16.5 Å². The maximum Gasteiger partial charge on any atom is 0.237 e. The second-order valence-corrected chi connectivity index (χ2v) is 6.89. The van der Waals surface area contributed by atoms with Crippen molar-refractivity contribution in [3.05, 3.63) is 42.4 Å². The molecular formula is C15H17N3O2S. The minimum Gasteiger partial charge on any atom is -0.344 e. The molecule has 0 amide bonds. The number of hydrogen-bond acceptors (Lipinski definition) is 3. The summed E-state index contributed by atoms with van der Waals surface area (Å²) in [7, 11) is -3.38. The topological polar surface area (TPSA) is 56.9 Å². The molecule has 0 fully saturated rings. The number of nitrogens with zero attached hydrogens (tertiary/aromatic N) is 3. The third-order valence-corrected chi connectivity index (χ3v) is 4.74. The number of rotatable bonds is 3. The number of imidazole rings is 1. The van der Waals surface area contributed by atoms with Crippen LogP contribution in [0.2, 0.25) is 0 Å². The Hall–Kier alpha value is -2.08. The number of fused-ring (bicyclic) bond motifs is 1. The molecule has 5 nitrogen and oxygen atoms in total. The first-order valence-corrected chi connectivity index (χ1v) is 8.62. The lowest BCUT2D eigenvalue weighted by molar-refractivity contribution is 0.594. The highest BCUT2D eigenvalue weighted by Crippen LogP contribution is 2.34. The number of hydrogen-bond donors (Lipinski definition) is 0. The van der Waals surface area contributed by atoms with Crippen LogP contribution in [0.5, 0.6) is 0 Å². The van der Waals surface area contributed by atoms with Gasteiger partial charge in [-0.05, 0) is 19.9 Å². The molecule has 110 valence electrons. The average Bonchev–Trinajstić information content (AvgIpc) is 2.99. The van der Waals surface area contributed by atoms with Crippen LogP contribution < -0.4 is 0 Å². The van der Waals surface area contributed by atoms with E-state index in [1.54, 1.807) is 0 Å². The zero-order valence-corrected chi connectivity index (χ0v) is 13.1. The fourth-order valence-electron chi connectivity index (χ4n) is 2.86. The van der Waals surface area contributed by atoms with Crippen molar-refractivity contribution in [2.75, 3.05) is 6.26 Å². The summed E-state index contributed by atoms with van der Waals surface area (Å²) in [5.74, 6) is 0.471. The summed E-state index contributed by atoms with van der Waals surface area (Å²) in [4.78, 5) is 4.28. The summed E-state index contributed by atoms with van der Waals surface area (Å²) in [6.45, 7) is 4.90. The van der Waals surface area contributed by atoms with Crippen molar-refractivity contribution in [1.82, 2.24) is 13.5 Å². The van der Waals surface area contributed by atoms with E-state index in [0.29, 0.717) is 5.82 Å². The molecule has 2 aromatic heterocycles. The van der Waals surface area contributed by atoms with Crippen LogP contribution >= 0.6 is 0 Å². The standard InChI is InChI=1S/C15H17N3O2S/c1-4-17-11(2)14(12-7-5-6-8-13(12)17)15-16-9-10-18(15)21(3,19)20/h5-10H,4H2,1-3H3. The van der Waals surface area contributed by atoms with Crippen LogP contribution in [0.4, 0.5) is 0 Å². The molecule has 0 saturated carbocycles. The Balaban J connectivity index is 2.42. The van der Waals surface area contributed by atoms with Crippen molar-refractivity contribution >= 4 is 20.9 Å². The third kappa shape index (κ3) is 2.06. The Morgan fingerprint density at radius 1 is 1.24 bits per heavy atom. The van der Waals surface area contributed by atoms with Gasteiger partial charge in [0.15, 0.2) is 5.82 Å². The molecule has 1 aromatic carbocycles. The molecule has 0 N–H and O–H groups in total. The van der Waals surface area contributed by atoms with E-state index in [4.69, 9.17) is 0 Å². The van der Waals surface area contributed by atoms with E-state index in [1.165, 1.54) is 22.6 Å². The monoisotopic (exact) mass is 303 g/mol. The van der Waals surface area contributed by atoms with Crippen molar-refractivity contribution in [1.29, 1.82) is 0 Å². The Labute approximate surface area is 123 Å². The highest BCUT2D eigenvalue weighted by atomic mass is 32.2. The van der Waals surface area contributed by atoms with Gasteiger partial charge in [-0.25, -0.2) is 17.4 Å². The highest BCUT2D eigenvalue weighted by molar-refractivity contribution is 7.89. The van der Waals surface area contributed by atoms with Crippen LogP contribution in [0.25, 0.3) is 22.3 Å². The molecule has 0 saturated heterocycles. The van der Waals surface area contributed by atoms with E-state index in [1.807, 2.05) is 31.2 Å². The molecule has 0 bridgehead atoms. The molecule has 0 unspecified atom stereocenters. The lowest BCUT2D eigenvalue weighted by atomic mass is 10.1. The van der Waals surface area contributed by atoms with Gasteiger partial charge in [0.1, 0.15) is 0 Å². The van der Waals surface area contributed by atoms with Crippen LogP contribution in [0.3, 0.4) is 0 Å². The lowest BCUT2D eigenvalue weighted by Gasteiger charge is -2.07. The smallest absolute Gasteiger partial charge is 0.237 e. The molecule has 0 radical (unpaired) electrons. The quantitative estimate of drug-likeness (QED) is 0.747. The van der Waals surface area contributed by atoms with Gasteiger partial charge in [-0.1, -0.05) is 18.2 Å². The van der Waals surface area contributed by atoms with E-state index in [0.717, 1.165) is 28.7 Å². The summed E-state index contributed by atoms with van der Waals surface area (Å²) in [5.41, 5.74) is 2.99. The van der Waals surface area contributed by atoms with Gasteiger partial charge in [0, 0.05) is 41.1 Å². The number of aromatic nitrogens is 3. The first kappa shape index (κ1) is 13.9. The first-order valence-electron chi connectivity index (χ1n) is 6.77. The average molecular weight is 303 g/mol. The van der Waals surface area contributed by atoms with Gasteiger partial charge in [-0.3, -0.25) is 0 Å². The van der Waals surface area contributed by atoms with Gasteiger partial charge >= 0.3 is 0 Å². The van der Waals surface area contributed by atoms with Crippen molar-refractivity contribution in [3.8, 4) is 11.4 Å². The number of para-hydroxylation sites is 1. The van der Waals surface area contributed by atoms with Crippen molar-refractivity contribution in [2.45, 2.75) is 20.4 Å². The van der Waals surface area contributed by atoms with Crippen LogP contribution in [0.1, 0.15) is 12.6 Å². The molecule has 21 heavy (non-hydrogen) atoms. The molecule has 0 aliphatic carbocycles. The fourth-order valence-corrected chi connectivity index (χ4v) is 3.58. The van der Waals surface area contributed by atoms with E-state index in [-0.39, 0.29) is 0 Å². The fraction of sp³-hybridized carbons (Fsp3) is 0.267. The van der Waals surface area contributed by atoms with Gasteiger partial charge in [0.25, 0.3) is 0 Å². The molecule has 0 aliphatic rings. The molecule has 0 atom stereocenters. The normalized spacial score (nSPS) is 12.1. The van der Waals surface area contributed by atoms with Crippen molar-refractivity contribution in [3.63, 3.8) is 0 Å². The maximum absolute atomic E-state index is 11.9. The van der Waals surface area contributed by atoms with Gasteiger partial charge in [0.05, 0.1) is 6.26 Å². The van der Waals surface area contributed by atoms with E-state index in [9.17, 15) is 8.42 Å². The van der Waals surface area contributed by atoms with E-state index >= 15 is 0 Å². The molecule has 2 heterocycles. The van der Waals surface area contributed by atoms with Gasteiger partial charge in [0.2, 0.25) is 10.0 Å². The molecule has 3 aromatic rings. The van der Waals surface area contributed by atoms with Crippen LogP contribution in [0.15, 0.2) is 36.7 Å². The van der Waals surface area contributed by atoms with Gasteiger partial charge in [-0.2, -0.15) is 0 Å². The summed E-state index contributed by atoms with van der Waals surface area (Å²) in [6.07, 6.45) is 4.20. The van der Waals surface area contributed by atoms with Crippen LogP contribution in [0, 0.1) is 6.92 Å². The molecule has 6 heteroatoms. The lowest BCUT2D eigenvalue weighted by Crippen LogP contribution is -2.10. The number of benzene rings is 1. The van der Waals surface area contributed by atoms with Gasteiger partial charge in [-0.15, -0.1) is 0 Å². The summed E-state index contributed by atoms with van der Waals surface area (Å²) in [5, 5.41) is 1.02. The first-order chi connectivity index (χ1) is 9.95. The molecule has 0 spiro atoms. The second-order valence-electron chi connectivity index (χ2n) is 5.03. The largest absolute Gasteiger partial charge is 0.344 e. The summed E-state index contributed by atoms with van der Waals surface area (Å²) < 4.78 is 27.3. The highest BCUT2D eigenvalue weighted by Gasteiger charge is 2.21. The SMILES string of the molecule is CCn1c(C)c(-c2nccn2S(C)(=O)=O)c2ccccc21. The summed E-state index contributed by atoms with van der Waals surface area (Å²) in [6, 6.07) is 7.99. The van der Waals surface area contributed by atoms with Gasteiger partial charge < -0.3 is 4.57 Å². The predicted molar refractivity (Wildman–Crippen MR) is 83.8 cm³/mol. The Morgan fingerprint density at radius 3 is 2.62 bits per heavy atom. The molecule has 0 aliphatic heterocycles.